The fourth-order valence-corrected chi connectivity index (χ4v) is 4.05. The summed E-state index contributed by atoms with van der Waals surface area (Å²) in [5.74, 6) is 0. The zero-order valence-electron chi connectivity index (χ0n) is 23.9. The van der Waals surface area contributed by atoms with Gasteiger partial charge in [0.15, 0.2) is 0 Å². The molecule has 0 saturated carbocycles. The van der Waals surface area contributed by atoms with Crippen LogP contribution < -0.4 is 4.90 Å². The van der Waals surface area contributed by atoms with Crippen molar-refractivity contribution < 1.29 is 0 Å². The van der Waals surface area contributed by atoms with Crippen LogP contribution in [0.5, 0.6) is 0 Å². The van der Waals surface area contributed by atoms with Crippen LogP contribution in [-0.4, -0.2) is 13.1 Å². The summed E-state index contributed by atoms with van der Waals surface area (Å²) in [5, 5.41) is 0. The van der Waals surface area contributed by atoms with Crippen LogP contribution in [0.3, 0.4) is 0 Å². The monoisotopic (exact) mass is 473 g/mol. The van der Waals surface area contributed by atoms with Gasteiger partial charge in [-0.3, -0.25) is 0 Å². The van der Waals surface area contributed by atoms with Crippen molar-refractivity contribution in [2.75, 3.05) is 18.0 Å². The fourth-order valence-electron chi connectivity index (χ4n) is 4.05. The topological polar surface area (TPSA) is 3.24 Å². The molecule has 1 fully saturated rings. The van der Waals surface area contributed by atoms with Crippen molar-refractivity contribution in [1.29, 1.82) is 0 Å². The molecule has 0 radical (unpaired) electrons. The van der Waals surface area contributed by atoms with Crippen molar-refractivity contribution in [3.8, 4) is 0 Å². The van der Waals surface area contributed by atoms with Gasteiger partial charge in [-0.05, 0) is 107 Å². The van der Waals surface area contributed by atoms with Crippen molar-refractivity contribution in [2.24, 2.45) is 0 Å². The number of rotatable bonds is 7. The third kappa shape index (κ3) is 10.7. The van der Waals surface area contributed by atoms with Crippen LogP contribution in [0.25, 0.3) is 5.57 Å². The molecule has 0 spiro atoms. The quantitative estimate of drug-likeness (QED) is 0.361. The number of benzene rings is 2. The van der Waals surface area contributed by atoms with E-state index in [1.807, 2.05) is 13.8 Å². The average Bonchev–Trinajstić information content (AvgIpc) is 2.86. The summed E-state index contributed by atoms with van der Waals surface area (Å²) in [6.07, 6.45) is 8.87. The number of anilines is 1. The Morgan fingerprint density at radius 3 is 1.83 bits per heavy atom. The molecule has 0 atom stereocenters. The van der Waals surface area contributed by atoms with Gasteiger partial charge in [0.2, 0.25) is 0 Å². The molecular formula is C34H51N. The maximum Gasteiger partial charge on any atom is 0.0398 e. The predicted molar refractivity (Wildman–Crippen MR) is 161 cm³/mol. The Labute approximate surface area is 217 Å². The summed E-state index contributed by atoms with van der Waals surface area (Å²) in [6.45, 7) is 28.9. The van der Waals surface area contributed by atoms with Crippen molar-refractivity contribution in [3.63, 3.8) is 0 Å². The molecule has 1 heterocycles. The molecular weight excluding hydrogens is 422 g/mol. The normalized spacial score (nSPS) is 12.6. The number of allylic oxidation sites excluding steroid dienone is 3. The molecule has 2 aromatic rings. The van der Waals surface area contributed by atoms with Crippen molar-refractivity contribution in [2.45, 2.75) is 93.4 Å². The number of hydrogen-bond acceptors (Lipinski definition) is 1. The zero-order chi connectivity index (χ0) is 26.4. The Morgan fingerprint density at radius 2 is 1.34 bits per heavy atom. The van der Waals surface area contributed by atoms with Crippen LogP contribution >= 0.6 is 0 Å². The van der Waals surface area contributed by atoms with E-state index in [0.29, 0.717) is 0 Å². The van der Waals surface area contributed by atoms with Gasteiger partial charge in [-0.1, -0.05) is 87.0 Å². The largest absolute Gasteiger partial charge is 0.371 e. The van der Waals surface area contributed by atoms with E-state index in [9.17, 15) is 0 Å². The summed E-state index contributed by atoms with van der Waals surface area (Å²) >= 11 is 0. The smallest absolute Gasteiger partial charge is 0.0398 e. The first-order valence-electron chi connectivity index (χ1n) is 13.5. The Balaban J connectivity index is 0.000000290. The van der Waals surface area contributed by atoms with Gasteiger partial charge in [-0.2, -0.15) is 0 Å². The second-order valence-electron chi connectivity index (χ2n) is 10.0. The first-order valence-corrected chi connectivity index (χ1v) is 13.5. The molecule has 1 heteroatoms. The van der Waals surface area contributed by atoms with E-state index in [4.69, 9.17) is 0 Å². The van der Waals surface area contributed by atoms with Crippen LogP contribution in [0.15, 0.2) is 67.3 Å². The molecule has 1 aliphatic rings. The third-order valence-electron chi connectivity index (χ3n) is 6.97. The Bertz CT molecular complexity index is 927. The first-order chi connectivity index (χ1) is 16.6. The molecule has 3 rings (SSSR count). The summed E-state index contributed by atoms with van der Waals surface area (Å²) in [4.78, 5) is 2.56. The lowest BCUT2D eigenvalue weighted by Crippen LogP contribution is -2.30. The molecule has 1 saturated heterocycles. The number of aryl methyl sites for hydroxylation is 2. The van der Waals surface area contributed by atoms with Crippen LogP contribution in [0.2, 0.25) is 0 Å². The fraction of sp³-hybridized carbons (Fsp3) is 0.471. The van der Waals surface area contributed by atoms with E-state index >= 15 is 0 Å². The molecule has 0 aliphatic carbocycles. The Kier molecular flexibility index (Phi) is 14.1. The number of unbranched alkanes of at least 4 members (excludes halogenated alkanes) is 1. The van der Waals surface area contributed by atoms with Gasteiger partial charge in [-0.15, -0.1) is 0 Å². The SMILES string of the molecule is C=C(C)C(=C)C.C=C(CCCC)c1ccc(C)cc1.CCc1ccc(N2CCCCC2)c(C)c1C. The third-order valence-corrected chi connectivity index (χ3v) is 6.97. The van der Waals surface area contributed by atoms with Gasteiger partial charge in [0.25, 0.3) is 0 Å². The van der Waals surface area contributed by atoms with Gasteiger partial charge in [0.1, 0.15) is 0 Å². The molecule has 0 bridgehead atoms. The van der Waals surface area contributed by atoms with E-state index in [1.165, 1.54) is 84.3 Å². The highest BCUT2D eigenvalue weighted by Crippen LogP contribution is 2.28. The maximum atomic E-state index is 4.09. The van der Waals surface area contributed by atoms with E-state index in [2.05, 4.69) is 95.7 Å². The van der Waals surface area contributed by atoms with Crippen LogP contribution in [0.1, 0.15) is 94.0 Å². The van der Waals surface area contributed by atoms with Crippen LogP contribution in [0.4, 0.5) is 5.69 Å². The summed E-state index contributed by atoms with van der Waals surface area (Å²) in [5.41, 5.74) is 11.9. The molecule has 1 nitrogen and oxygen atoms in total. The van der Waals surface area contributed by atoms with E-state index in [0.717, 1.165) is 24.0 Å². The van der Waals surface area contributed by atoms with E-state index < -0.39 is 0 Å². The molecule has 2 aromatic carbocycles. The summed E-state index contributed by atoms with van der Waals surface area (Å²) in [7, 11) is 0. The molecule has 35 heavy (non-hydrogen) atoms. The number of nitrogens with zero attached hydrogens (tertiary/aromatic N) is 1. The lowest BCUT2D eigenvalue weighted by Gasteiger charge is -2.31. The highest BCUT2D eigenvalue weighted by molar-refractivity contribution is 5.63. The molecule has 0 aromatic heterocycles. The summed E-state index contributed by atoms with van der Waals surface area (Å²) in [6, 6.07) is 13.2. The first kappa shape index (κ1) is 30.5. The van der Waals surface area contributed by atoms with Gasteiger partial charge in [0.05, 0.1) is 0 Å². The minimum atomic E-state index is 1.06. The number of piperidine rings is 1. The Morgan fingerprint density at radius 1 is 0.771 bits per heavy atom. The van der Waals surface area contributed by atoms with Crippen LogP contribution in [-0.2, 0) is 6.42 Å². The lowest BCUT2D eigenvalue weighted by atomic mass is 9.98. The zero-order valence-corrected chi connectivity index (χ0v) is 23.9. The van der Waals surface area contributed by atoms with Crippen molar-refractivity contribution in [3.05, 3.63) is 95.1 Å². The van der Waals surface area contributed by atoms with Gasteiger partial charge in [0, 0.05) is 18.8 Å². The minimum absolute atomic E-state index is 1.06. The highest BCUT2D eigenvalue weighted by Gasteiger charge is 2.14. The van der Waals surface area contributed by atoms with Gasteiger partial charge >= 0.3 is 0 Å². The van der Waals surface area contributed by atoms with Gasteiger partial charge < -0.3 is 4.90 Å². The second kappa shape index (κ2) is 16.2. The van der Waals surface area contributed by atoms with E-state index in [1.54, 1.807) is 0 Å². The maximum absolute atomic E-state index is 4.09. The minimum Gasteiger partial charge on any atom is -0.371 e. The van der Waals surface area contributed by atoms with Crippen LogP contribution in [0, 0.1) is 20.8 Å². The second-order valence-corrected chi connectivity index (χ2v) is 10.0. The molecule has 192 valence electrons. The average molecular weight is 474 g/mol. The molecule has 0 amide bonds. The van der Waals surface area contributed by atoms with Crippen molar-refractivity contribution in [1.82, 2.24) is 0 Å². The summed E-state index contributed by atoms with van der Waals surface area (Å²) < 4.78 is 0. The molecule has 0 unspecified atom stereocenters. The van der Waals surface area contributed by atoms with Gasteiger partial charge in [-0.25, -0.2) is 0 Å². The van der Waals surface area contributed by atoms with E-state index in [-0.39, 0.29) is 0 Å². The standard InChI is InChI=1S/C15H23N.C13H18.C6H10/c1-4-14-8-9-15(13(3)12(14)2)16-10-6-5-7-11-16;1-4-5-6-12(3)13-9-7-11(2)8-10-13;1-5(2)6(3)4/h8-9H,4-7,10-11H2,1-3H3;7-10H,3-6H2,1-2H3;1,3H2,2,4H3. The molecule has 0 N–H and O–H groups in total. The Hall–Kier alpha value is -2.54. The lowest BCUT2D eigenvalue weighted by molar-refractivity contribution is 0.577. The highest BCUT2D eigenvalue weighted by atomic mass is 15.1. The van der Waals surface area contributed by atoms with Crippen molar-refractivity contribution >= 4 is 11.3 Å². The predicted octanol–water partition coefficient (Wildman–Crippen LogP) is 10.2. The molecule has 1 aliphatic heterocycles. The number of hydrogen-bond donors (Lipinski definition) is 0.